The lowest BCUT2D eigenvalue weighted by Crippen LogP contribution is -2.45. The normalized spacial score (nSPS) is 13.9. The first-order valence-corrected chi connectivity index (χ1v) is 12.0. The van der Waals surface area contributed by atoms with Gasteiger partial charge in [0.15, 0.2) is 6.29 Å². The highest BCUT2D eigenvalue weighted by Gasteiger charge is 2.18. The van der Waals surface area contributed by atoms with Crippen molar-refractivity contribution in [1.29, 1.82) is 0 Å². The van der Waals surface area contributed by atoms with Gasteiger partial charge in [0.25, 0.3) is 0 Å². The van der Waals surface area contributed by atoms with Gasteiger partial charge >= 0.3 is 0 Å². The standard InChI is InChI=1S/C23H49NO4/c1-2-3-4-5-6-7-8-9-10-11-12-13-14-15-16-19-22(26)24-21(23(27)28)18-17-20-25/h21-28H,2-20H2,1H3. The van der Waals surface area contributed by atoms with Gasteiger partial charge in [-0.1, -0.05) is 96.8 Å². The van der Waals surface area contributed by atoms with E-state index in [9.17, 15) is 15.3 Å². The van der Waals surface area contributed by atoms with Crippen LogP contribution in [0.5, 0.6) is 0 Å². The molecule has 0 aromatic rings. The molecule has 0 aromatic heterocycles. The van der Waals surface area contributed by atoms with Gasteiger partial charge in [0, 0.05) is 6.61 Å². The maximum Gasteiger partial charge on any atom is 0.167 e. The van der Waals surface area contributed by atoms with Crippen LogP contribution in [0.4, 0.5) is 0 Å². The molecule has 0 aliphatic carbocycles. The van der Waals surface area contributed by atoms with Crippen LogP contribution in [0, 0.1) is 0 Å². The molecule has 28 heavy (non-hydrogen) atoms. The summed E-state index contributed by atoms with van der Waals surface area (Å²) in [5.74, 6) is 0. The molecule has 2 atom stereocenters. The number of unbranched alkanes of at least 4 members (excludes halogenated alkanes) is 14. The molecule has 0 aliphatic heterocycles. The minimum absolute atomic E-state index is 0.0139. The van der Waals surface area contributed by atoms with Crippen molar-refractivity contribution >= 4 is 0 Å². The average Bonchev–Trinajstić information content (AvgIpc) is 2.67. The molecule has 170 valence electrons. The molecule has 0 saturated heterocycles. The van der Waals surface area contributed by atoms with Crippen LogP contribution in [-0.4, -0.2) is 45.6 Å². The van der Waals surface area contributed by atoms with Crippen molar-refractivity contribution < 1.29 is 20.4 Å². The van der Waals surface area contributed by atoms with Crippen molar-refractivity contribution in [2.45, 2.75) is 141 Å². The van der Waals surface area contributed by atoms with Gasteiger partial charge in [-0.3, -0.25) is 5.32 Å². The zero-order valence-electron chi connectivity index (χ0n) is 18.5. The second kappa shape index (κ2) is 21.5. The molecule has 0 saturated carbocycles. The summed E-state index contributed by atoms with van der Waals surface area (Å²) in [6.07, 6.45) is 19.1. The Morgan fingerprint density at radius 2 is 1.00 bits per heavy atom. The minimum atomic E-state index is -1.51. The molecular formula is C23H49NO4. The first-order chi connectivity index (χ1) is 13.6. The molecule has 0 spiro atoms. The zero-order valence-corrected chi connectivity index (χ0v) is 18.5. The van der Waals surface area contributed by atoms with E-state index in [4.69, 9.17) is 5.11 Å². The monoisotopic (exact) mass is 403 g/mol. The van der Waals surface area contributed by atoms with Gasteiger partial charge in [0.1, 0.15) is 6.23 Å². The van der Waals surface area contributed by atoms with Crippen molar-refractivity contribution in [3.05, 3.63) is 0 Å². The van der Waals surface area contributed by atoms with E-state index in [0.29, 0.717) is 19.3 Å². The summed E-state index contributed by atoms with van der Waals surface area (Å²) in [7, 11) is 0. The van der Waals surface area contributed by atoms with Crippen molar-refractivity contribution in [3.8, 4) is 0 Å². The lowest BCUT2D eigenvalue weighted by atomic mass is 10.0. The number of aliphatic hydroxyl groups is 4. The van der Waals surface area contributed by atoms with Gasteiger partial charge < -0.3 is 20.4 Å². The summed E-state index contributed by atoms with van der Waals surface area (Å²) in [6.45, 7) is 2.28. The summed E-state index contributed by atoms with van der Waals surface area (Å²) in [6, 6.07) is -0.585. The smallest absolute Gasteiger partial charge is 0.167 e. The first kappa shape index (κ1) is 27.8. The lowest BCUT2D eigenvalue weighted by Gasteiger charge is -2.23. The molecule has 0 aromatic carbocycles. The number of hydrogen-bond acceptors (Lipinski definition) is 5. The summed E-state index contributed by atoms with van der Waals surface area (Å²) in [5.41, 5.74) is 0. The van der Waals surface area contributed by atoms with Crippen LogP contribution in [0.15, 0.2) is 0 Å². The summed E-state index contributed by atoms with van der Waals surface area (Å²) in [4.78, 5) is 0. The predicted octanol–water partition coefficient (Wildman–Crippen LogP) is 4.61. The van der Waals surface area contributed by atoms with E-state index in [1.807, 2.05) is 0 Å². The molecule has 5 N–H and O–H groups in total. The number of nitrogens with one attached hydrogen (secondary N) is 1. The third-order valence-corrected chi connectivity index (χ3v) is 5.52. The van der Waals surface area contributed by atoms with Crippen molar-refractivity contribution in [2.75, 3.05) is 6.61 Å². The molecule has 0 aliphatic rings. The summed E-state index contributed by atoms with van der Waals surface area (Å²) >= 11 is 0. The SMILES string of the molecule is CCCCCCCCCCCCCCCCCC(O)NC(CCCO)C(O)O. The molecule has 0 heterocycles. The lowest BCUT2D eigenvalue weighted by molar-refractivity contribution is -0.0820. The van der Waals surface area contributed by atoms with Crippen LogP contribution < -0.4 is 5.32 Å². The van der Waals surface area contributed by atoms with E-state index in [1.165, 1.54) is 83.5 Å². The second-order valence-electron chi connectivity index (χ2n) is 8.31. The maximum absolute atomic E-state index is 9.98. The van der Waals surface area contributed by atoms with Crippen LogP contribution in [0.25, 0.3) is 0 Å². The van der Waals surface area contributed by atoms with E-state index in [2.05, 4.69) is 12.2 Å². The highest BCUT2D eigenvalue weighted by atomic mass is 16.5. The van der Waals surface area contributed by atoms with Crippen LogP contribution in [0.2, 0.25) is 0 Å². The number of rotatable bonds is 22. The van der Waals surface area contributed by atoms with Crippen LogP contribution in [0.3, 0.4) is 0 Å². The second-order valence-corrected chi connectivity index (χ2v) is 8.31. The Hall–Kier alpha value is -0.200. The van der Waals surface area contributed by atoms with Crippen molar-refractivity contribution in [3.63, 3.8) is 0 Å². The Morgan fingerprint density at radius 1 is 0.571 bits per heavy atom. The van der Waals surface area contributed by atoms with Crippen LogP contribution in [0.1, 0.15) is 122 Å². The number of aliphatic hydroxyl groups excluding tert-OH is 3. The molecule has 5 nitrogen and oxygen atoms in total. The zero-order chi connectivity index (χ0) is 20.9. The Bertz CT molecular complexity index is 302. The minimum Gasteiger partial charge on any atom is -0.396 e. The van der Waals surface area contributed by atoms with E-state index >= 15 is 0 Å². The molecule has 0 bridgehead atoms. The van der Waals surface area contributed by atoms with Gasteiger partial charge in [0.05, 0.1) is 6.04 Å². The molecule has 0 amide bonds. The van der Waals surface area contributed by atoms with E-state index in [1.54, 1.807) is 0 Å². The van der Waals surface area contributed by atoms with Crippen molar-refractivity contribution in [2.24, 2.45) is 0 Å². The van der Waals surface area contributed by atoms with Crippen molar-refractivity contribution in [1.82, 2.24) is 5.32 Å². The highest BCUT2D eigenvalue weighted by Crippen LogP contribution is 2.14. The van der Waals surface area contributed by atoms with Crippen LogP contribution in [-0.2, 0) is 0 Å². The fourth-order valence-corrected chi connectivity index (χ4v) is 3.67. The highest BCUT2D eigenvalue weighted by molar-refractivity contribution is 4.70. The van der Waals surface area contributed by atoms with E-state index in [0.717, 1.165) is 12.8 Å². The average molecular weight is 404 g/mol. The van der Waals surface area contributed by atoms with Gasteiger partial charge in [0.2, 0.25) is 0 Å². The van der Waals surface area contributed by atoms with Gasteiger partial charge in [-0.2, -0.15) is 0 Å². The molecule has 0 fully saturated rings. The Kier molecular flexibility index (Phi) is 21.4. The van der Waals surface area contributed by atoms with Gasteiger partial charge in [-0.05, 0) is 25.7 Å². The summed E-state index contributed by atoms with van der Waals surface area (Å²) < 4.78 is 0. The Labute approximate surface area is 173 Å². The van der Waals surface area contributed by atoms with Crippen LogP contribution >= 0.6 is 0 Å². The third-order valence-electron chi connectivity index (χ3n) is 5.52. The Morgan fingerprint density at radius 3 is 1.39 bits per heavy atom. The Balaban J connectivity index is 3.35. The molecule has 5 heteroatoms. The largest absolute Gasteiger partial charge is 0.396 e. The topological polar surface area (TPSA) is 93.0 Å². The fraction of sp³-hybridized carbons (Fsp3) is 1.00. The molecule has 0 radical (unpaired) electrons. The number of hydrogen-bond donors (Lipinski definition) is 5. The maximum atomic E-state index is 9.98. The predicted molar refractivity (Wildman–Crippen MR) is 117 cm³/mol. The van der Waals surface area contributed by atoms with Gasteiger partial charge in [-0.15, -0.1) is 0 Å². The quantitative estimate of drug-likeness (QED) is 0.134. The molecule has 2 unspecified atom stereocenters. The molecule has 0 rings (SSSR count). The van der Waals surface area contributed by atoms with Gasteiger partial charge in [-0.25, -0.2) is 0 Å². The fourth-order valence-electron chi connectivity index (χ4n) is 3.67. The van der Waals surface area contributed by atoms with E-state index in [-0.39, 0.29) is 6.61 Å². The molecular weight excluding hydrogens is 354 g/mol. The third kappa shape index (κ3) is 19.1. The van der Waals surface area contributed by atoms with E-state index < -0.39 is 18.6 Å². The first-order valence-electron chi connectivity index (χ1n) is 12.0. The summed E-state index contributed by atoms with van der Waals surface area (Å²) in [5, 5.41) is 40.2.